The number of rotatable bonds is 7. The van der Waals surface area contributed by atoms with Crippen molar-refractivity contribution < 1.29 is 18.3 Å². The molecule has 0 aromatic carbocycles. The number of primary sulfonamides is 1. The highest BCUT2D eigenvalue weighted by atomic mass is 32.2. The van der Waals surface area contributed by atoms with Crippen molar-refractivity contribution in [3.8, 4) is 0 Å². The van der Waals surface area contributed by atoms with Gasteiger partial charge in [0.05, 0.1) is 5.75 Å². The average molecular weight is 264 g/mol. The van der Waals surface area contributed by atoms with E-state index < -0.39 is 10.0 Å². The fourth-order valence-corrected chi connectivity index (χ4v) is 2.98. The van der Waals surface area contributed by atoms with E-state index in [0.29, 0.717) is 13.1 Å². The van der Waals surface area contributed by atoms with Crippen LogP contribution in [-0.4, -0.2) is 49.8 Å². The lowest BCUT2D eigenvalue weighted by Gasteiger charge is -2.16. The monoisotopic (exact) mass is 264 g/mol. The summed E-state index contributed by atoms with van der Waals surface area (Å²) in [6.45, 7) is 1.29. The largest absolute Gasteiger partial charge is 0.396 e. The molecule has 1 amide bonds. The molecule has 1 rings (SSSR count). The summed E-state index contributed by atoms with van der Waals surface area (Å²) in [5.74, 6) is -0.288. The molecule has 7 heteroatoms. The number of sulfonamides is 1. The van der Waals surface area contributed by atoms with Crippen LogP contribution in [0.4, 0.5) is 0 Å². The molecule has 0 spiro atoms. The molecule has 1 aliphatic rings. The highest BCUT2D eigenvalue weighted by molar-refractivity contribution is 7.89. The first-order valence-electron chi connectivity index (χ1n) is 5.81. The first-order chi connectivity index (χ1) is 7.92. The summed E-state index contributed by atoms with van der Waals surface area (Å²) in [5.41, 5.74) is 0. The maximum atomic E-state index is 11.6. The van der Waals surface area contributed by atoms with Gasteiger partial charge in [0.25, 0.3) is 0 Å². The molecule has 0 bridgehead atoms. The lowest BCUT2D eigenvalue weighted by molar-refractivity contribution is -0.127. The number of amides is 1. The van der Waals surface area contributed by atoms with Crippen molar-refractivity contribution in [1.82, 2.24) is 4.90 Å². The zero-order valence-electron chi connectivity index (χ0n) is 9.84. The molecule has 0 aromatic heterocycles. The van der Waals surface area contributed by atoms with Gasteiger partial charge >= 0.3 is 0 Å². The van der Waals surface area contributed by atoms with E-state index in [-0.39, 0.29) is 30.6 Å². The molecule has 1 unspecified atom stereocenters. The number of hydrogen-bond acceptors (Lipinski definition) is 4. The van der Waals surface area contributed by atoms with E-state index in [1.54, 1.807) is 4.90 Å². The van der Waals surface area contributed by atoms with Crippen molar-refractivity contribution in [2.45, 2.75) is 25.7 Å². The molecule has 0 radical (unpaired) electrons. The summed E-state index contributed by atoms with van der Waals surface area (Å²) in [7, 11) is -3.50. The minimum Gasteiger partial charge on any atom is -0.396 e. The first kappa shape index (κ1) is 14.4. The number of aliphatic hydroxyl groups excluding tert-OH is 1. The Labute approximate surface area is 102 Å². The Kier molecular flexibility index (Phi) is 5.35. The Hall–Kier alpha value is -0.660. The third-order valence-corrected chi connectivity index (χ3v) is 3.78. The smallest absolute Gasteiger partial charge is 0.222 e. The van der Waals surface area contributed by atoms with Crippen molar-refractivity contribution in [3.05, 3.63) is 0 Å². The van der Waals surface area contributed by atoms with Gasteiger partial charge in [-0.25, -0.2) is 13.6 Å². The Morgan fingerprint density at radius 2 is 2.06 bits per heavy atom. The predicted molar refractivity (Wildman–Crippen MR) is 63.6 cm³/mol. The second-order valence-electron chi connectivity index (χ2n) is 4.52. The average Bonchev–Trinajstić information content (AvgIpc) is 2.51. The number of carbonyl (C=O) groups excluding carboxylic acids is 1. The molecule has 1 atom stereocenters. The minimum absolute atomic E-state index is 0.00245. The van der Waals surface area contributed by atoms with Crippen LogP contribution < -0.4 is 5.14 Å². The van der Waals surface area contributed by atoms with Crippen molar-refractivity contribution in [3.63, 3.8) is 0 Å². The van der Waals surface area contributed by atoms with Crippen LogP contribution in [0.5, 0.6) is 0 Å². The molecule has 1 aliphatic heterocycles. The van der Waals surface area contributed by atoms with Gasteiger partial charge in [-0.1, -0.05) is 0 Å². The third-order valence-electron chi connectivity index (χ3n) is 2.85. The van der Waals surface area contributed by atoms with Gasteiger partial charge in [0.15, 0.2) is 0 Å². The molecule has 17 heavy (non-hydrogen) atoms. The van der Waals surface area contributed by atoms with Crippen LogP contribution in [0, 0.1) is 5.92 Å². The summed E-state index contributed by atoms with van der Waals surface area (Å²) >= 11 is 0. The summed E-state index contributed by atoms with van der Waals surface area (Å²) in [6.07, 6.45) is 2.73. The van der Waals surface area contributed by atoms with Gasteiger partial charge in [-0.15, -0.1) is 0 Å². The van der Waals surface area contributed by atoms with Gasteiger partial charge in [0, 0.05) is 32.0 Å². The van der Waals surface area contributed by atoms with E-state index in [1.165, 1.54) is 0 Å². The van der Waals surface area contributed by atoms with E-state index in [4.69, 9.17) is 10.2 Å². The summed E-state index contributed by atoms with van der Waals surface area (Å²) in [4.78, 5) is 13.3. The second kappa shape index (κ2) is 6.32. The van der Waals surface area contributed by atoms with Crippen LogP contribution in [-0.2, 0) is 14.8 Å². The molecule has 6 nitrogen and oxygen atoms in total. The third kappa shape index (κ3) is 5.47. The van der Waals surface area contributed by atoms with Crippen LogP contribution in [0.2, 0.25) is 0 Å². The minimum atomic E-state index is -3.50. The van der Waals surface area contributed by atoms with Crippen molar-refractivity contribution >= 4 is 15.9 Å². The molecule has 0 saturated carbocycles. The van der Waals surface area contributed by atoms with Crippen LogP contribution >= 0.6 is 0 Å². The first-order valence-corrected chi connectivity index (χ1v) is 7.53. The second-order valence-corrected chi connectivity index (χ2v) is 6.18. The quantitative estimate of drug-likeness (QED) is 0.593. The van der Waals surface area contributed by atoms with Crippen LogP contribution in [0.1, 0.15) is 25.7 Å². The van der Waals surface area contributed by atoms with Gasteiger partial charge in [-0.05, 0) is 19.3 Å². The van der Waals surface area contributed by atoms with Gasteiger partial charge in [-0.3, -0.25) is 4.79 Å². The van der Waals surface area contributed by atoms with E-state index in [1.807, 2.05) is 0 Å². The SMILES string of the molecule is NS(=O)(=O)CC1CC(=O)N(CCCCCO)C1. The van der Waals surface area contributed by atoms with E-state index in [9.17, 15) is 13.2 Å². The molecular formula is C10H20N2O4S. The maximum absolute atomic E-state index is 11.6. The number of unbranched alkanes of at least 4 members (excludes halogenated alkanes) is 2. The zero-order chi connectivity index (χ0) is 12.9. The molecule has 0 aromatic rings. The van der Waals surface area contributed by atoms with Crippen molar-refractivity contribution in [2.75, 3.05) is 25.4 Å². The number of carbonyl (C=O) groups is 1. The summed E-state index contributed by atoms with van der Waals surface area (Å²) in [6, 6.07) is 0. The number of likely N-dealkylation sites (tertiary alicyclic amines) is 1. The Balaban J connectivity index is 2.32. The highest BCUT2D eigenvalue weighted by Crippen LogP contribution is 2.19. The summed E-state index contributed by atoms with van der Waals surface area (Å²) in [5, 5.41) is 13.6. The lowest BCUT2D eigenvalue weighted by atomic mass is 10.1. The number of nitrogens with zero attached hydrogens (tertiary/aromatic N) is 1. The fourth-order valence-electron chi connectivity index (χ4n) is 2.10. The van der Waals surface area contributed by atoms with Crippen LogP contribution in [0.3, 0.4) is 0 Å². The van der Waals surface area contributed by atoms with Crippen LogP contribution in [0.15, 0.2) is 0 Å². The Morgan fingerprint density at radius 3 is 2.65 bits per heavy atom. The number of nitrogens with two attached hydrogens (primary N) is 1. The van der Waals surface area contributed by atoms with E-state index in [0.717, 1.165) is 19.3 Å². The number of hydrogen-bond donors (Lipinski definition) is 2. The molecule has 3 N–H and O–H groups in total. The molecule has 1 fully saturated rings. The van der Waals surface area contributed by atoms with Gasteiger partial charge in [-0.2, -0.15) is 0 Å². The lowest BCUT2D eigenvalue weighted by Crippen LogP contribution is -2.28. The molecule has 100 valence electrons. The predicted octanol–water partition coefficient (Wildman–Crippen LogP) is -0.714. The topological polar surface area (TPSA) is 101 Å². The zero-order valence-corrected chi connectivity index (χ0v) is 10.7. The van der Waals surface area contributed by atoms with Crippen LogP contribution in [0.25, 0.3) is 0 Å². The van der Waals surface area contributed by atoms with Crippen molar-refractivity contribution in [1.29, 1.82) is 0 Å². The highest BCUT2D eigenvalue weighted by Gasteiger charge is 2.31. The van der Waals surface area contributed by atoms with Gasteiger partial charge in [0.1, 0.15) is 0 Å². The van der Waals surface area contributed by atoms with Gasteiger partial charge < -0.3 is 10.0 Å². The Bertz CT molecular complexity index is 355. The van der Waals surface area contributed by atoms with E-state index in [2.05, 4.69) is 0 Å². The molecular weight excluding hydrogens is 244 g/mol. The molecule has 0 aliphatic carbocycles. The summed E-state index contributed by atoms with van der Waals surface area (Å²) < 4.78 is 21.8. The molecule has 1 saturated heterocycles. The van der Waals surface area contributed by atoms with Gasteiger partial charge in [0.2, 0.25) is 15.9 Å². The maximum Gasteiger partial charge on any atom is 0.222 e. The van der Waals surface area contributed by atoms with E-state index >= 15 is 0 Å². The Morgan fingerprint density at radius 1 is 1.35 bits per heavy atom. The normalized spacial score (nSPS) is 21.2. The molecule has 1 heterocycles. The fraction of sp³-hybridized carbons (Fsp3) is 0.900. The van der Waals surface area contributed by atoms with Crippen molar-refractivity contribution in [2.24, 2.45) is 11.1 Å². The standard InChI is InChI=1S/C10H20N2O4S/c11-17(15,16)8-9-6-10(14)12(7-9)4-2-1-3-5-13/h9,13H,1-8H2,(H2,11,15,16). The number of aliphatic hydroxyl groups is 1.